The van der Waals surface area contributed by atoms with Crippen LogP contribution >= 0.6 is 0 Å². The van der Waals surface area contributed by atoms with Gasteiger partial charge in [-0.1, -0.05) is 124 Å². The van der Waals surface area contributed by atoms with E-state index in [1.54, 1.807) is 37.6 Å². The van der Waals surface area contributed by atoms with Gasteiger partial charge in [0.2, 0.25) is 24.0 Å². The van der Waals surface area contributed by atoms with Gasteiger partial charge in [-0.2, -0.15) is 0 Å². The summed E-state index contributed by atoms with van der Waals surface area (Å²) < 4.78 is 29.0. The second kappa shape index (κ2) is 39.0. The van der Waals surface area contributed by atoms with Crippen LogP contribution in [0.1, 0.15) is 189 Å². The van der Waals surface area contributed by atoms with E-state index >= 15 is 0 Å². The number of carbonyl (C=O) groups is 9. The van der Waals surface area contributed by atoms with E-state index < -0.39 is 115 Å². The van der Waals surface area contributed by atoms with Crippen LogP contribution in [0.3, 0.4) is 0 Å². The molecule has 2 aromatic rings. The van der Waals surface area contributed by atoms with Crippen molar-refractivity contribution < 1.29 is 92.4 Å². The first kappa shape index (κ1) is 79.2. The van der Waals surface area contributed by atoms with Crippen molar-refractivity contribution in [3.8, 4) is 5.75 Å². The standard InChI is InChI=1S/C70H108N4O19/c1-14-16-17-21-27-48(75)28-22-29-49(76)30-23-32-57(79)71-51-37-46(33-34-55(51)92-69-64(84)62(82)63(83)66(93-69)68(86)87)40-91-70(88)73(11)59(42(5)6)54(78)38-50(41(3)4)67(85)72(10)60(43(7)15-2)56(89-12)39-58(80)74-35-24-31-52(74)65(90-13)45(9)53(77)36-44(8)61(81)47-25-19-18-20-26-47/h18-20,25-26,33-34,37,41-45,50,52,56,59-66,69,81-84H,14-17,21-24,27-32,35-36,38-40H2,1-13H3,(H,71,79)(H,86,87)/t43?,44?,45?,50?,52?,56?,59?,60?,61?,62-,63-,64+,65?,66-,69-/m0/s1. The van der Waals surface area contributed by atoms with Crippen molar-refractivity contribution in [3.63, 3.8) is 0 Å². The Labute approximate surface area is 549 Å². The number of ketones is 4. The van der Waals surface area contributed by atoms with Crippen molar-refractivity contribution in [1.29, 1.82) is 0 Å². The molecule has 2 aliphatic heterocycles. The van der Waals surface area contributed by atoms with Crippen molar-refractivity contribution in [1.82, 2.24) is 14.7 Å². The van der Waals surface area contributed by atoms with E-state index in [2.05, 4.69) is 12.2 Å². The van der Waals surface area contributed by atoms with Gasteiger partial charge in [-0.3, -0.25) is 33.6 Å². The van der Waals surface area contributed by atoms with Crippen molar-refractivity contribution in [2.75, 3.05) is 40.2 Å². The number of likely N-dealkylation sites (N-methyl/N-ethyl adjacent to an activating group) is 2. The summed E-state index contributed by atoms with van der Waals surface area (Å²) in [6.07, 6.45) is -5.78. The minimum Gasteiger partial charge on any atom is -0.479 e. The van der Waals surface area contributed by atoms with Gasteiger partial charge in [0.05, 0.1) is 48.5 Å². The molecule has 15 atom stereocenters. The molecule has 4 amide bonds. The highest BCUT2D eigenvalue weighted by Gasteiger charge is 2.49. The maximum atomic E-state index is 14.9. The number of aliphatic carboxylic acids is 1. The molecule has 10 unspecified atom stereocenters. The van der Waals surface area contributed by atoms with Gasteiger partial charge >= 0.3 is 12.1 Å². The number of carboxylic acid groups (broad SMARTS) is 1. The lowest BCUT2D eigenvalue weighted by Gasteiger charge is -2.41. The molecule has 0 saturated carbocycles. The molecule has 0 radical (unpaired) electrons. The first-order chi connectivity index (χ1) is 44.0. The number of aliphatic hydroxyl groups excluding tert-OH is 4. The normalized spacial score (nSPS) is 21.1. The molecule has 2 aromatic carbocycles. The second-order valence-corrected chi connectivity index (χ2v) is 26.3. The smallest absolute Gasteiger partial charge is 0.410 e. The maximum absolute atomic E-state index is 14.9. The van der Waals surface area contributed by atoms with Crippen LogP contribution in [-0.2, 0) is 63.9 Å². The van der Waals surface area contributed by atoms with E-state index in [1.807, 2.05) is 65.0 Å². The zero-order valence-electron chi connectivity index (χ0n) is 57.2. The van der Waals surface area contributed by atoms with Gasteiger partial charge in [0.25, 0.3) is 0 Å². The topological polar surface area (TPSA) is 323 Å². The molecule has 23 heteroatoms. The first-order valence-electron chi connectivity index (χ1n) is 33.4. The highest BCUT2D eigenvalue weighted by molar-refractivity contribution is 5.93. The number of carbonyl (C=O) groups excluding carboxylic acids is 8. The number of likely N-dealkylation sites (tertiary alicyclic amines) is 1. The van der Waals surface area contributed by atoms with Gasteiger partial charge in [0, 0.05) is 91.6 Å². The number of benzene rings is 2. The van der Waals surface area contributed by atoms with E-state index in [0.717, 1.165) is 36.1 Å². The number of anilines is 1. The van der Waals surface area contributed by atoms with Crippen molar-refractivity contribution in [2.24, 2.45) is 35.5 Å². The molecule has 2 saturated heterocycles. The molecule has 93 heavy (non-hydrogen) atoms. The van der Waals surface area contributed by atoms with Gasteiger partial charge < -0.3 is 69.2 Å². The number of aliphatic hydroxyl groups is 4. The zero-order valence-corrected chi connectivity index (χ0v) is 57.2. The monoisotopic (exact) mass is 1310 g/mol. The Morgan fingerprint density at radius 3 is 1.92 bits per heavy atom. The van der Waals surface area contributed by atoms with Crippen LogP contribution in [0.5, 0.6) is 5.75 Å². The van der Waals surface area contributed by atoms with Gasteiger partial charge in [-0.15, -0.1) is 0 Å². The number of carboxylic acids is 1. The third-order valence-electron chi connectivity index (χ3n) is 18.6. The molecule has 2 aliphatic rings. The van der Waals surface area contributed by atoms with E-state index in [-0.39, 0.29) is 109 Å². The van der Waals surface area contributed by atoms with Gasteiger partial charge in [0.15, 0.2) is 11.9 Å². The predicted molar refractivity (Wildman–Crippen MR) is 347 cm³/mol. The SMILES string of the molecule is CCCCCCC(=O)CCCC(=O)CCCC(=O)Nc1cc(COC(=O)N(C)C(C(=O)CC(C(=O)N(C)C(C(C)CC)C(CC(=O)N2CCCC2C(OC)C(C)C(=O)CC(C)C(O)c2ccccc2)OC)C(C)C)C(C)C)ccc1O[C@H]1O[C@H](C(=O)O)[C@@H](O)[C@H](O)[C@H]1O. The molecule has 0 spiro atoms. The van der Waals surface area contributed by atoms with Crippen LogP contribution in [0, 0.1) is 35.5 Å². The Morgan fingerprint density at radius 2 is 1.34 bits per heavy atom. The molecular weight excluding hydrogens is 1200 g/mol. The number of hydrogen-bond acceptors (Lipinski definition) is 18. The van der Waals surface area contributed by atoms with Crippen molar-refractivity contribution in [2.45, 2.75) is 245 Å². The average molecular weight is 1310 g/mol. The van der Waals surface area contributed by atoms with Crippen LogP contribution in [0.4, 0.5) is 10.5 Å². The summed E-state index contributed by atoms with van der Waals surface area (Å²) in [6, 6.07) is 11.2. The van der Waals surface area contributed by atoms with E-state index in [1.165, 1.54) is 39.5 Å². The fraction of sp³-hybridized carbons (Fsp3) is 0.700. The molecule has 2 fully saturated rings. The van der Waals surface area contributed by atoms with E-state index in [0.29, 0.717) is 45.1 Å². The fourth-order valence-corrected chi connectivity index (χ4v) is 12.8. The summed E-state index contributed by atoms with van der Waals surface area (Å²) in [5.74, 6) is -6.25. The Kier molecular flexibility index (Phi) is 33.2. The highest BCUT2D eigenvalue weighted by atomic mass is 16.7. The Hall–Kier alpha value is -6.21. The lowest BCUT2D eigenvalue weighted by Crippen LogP contribution is -2.61. The fourth-order valence-electron chi connectivity index (χ4n) is 12.8. The van der Waals surface area contributed by atoms with Crippen LogP contribution in [-0.4, -0.2) is 189 Å². The summed E-state index contributed by atoms with van der Waals surface area (Å²) in [6.45, 7) is 16.9. The van der Waals surface area contributed by atoms with Crippen LogP contribution < -0.4 is 10.1 Å². The van der Waals surface area contributed by atoms with Gasteiger partial charge in [-0.05, 0) is 79.0 Å². The molecule has 23 nitrogen and oxygen atoms in total. The van der Waals surface area contributed by atoms with Gasteiger partial charge in [0.1, 0.15) is 48.0 Å². The number of amides is 4. The summed E-state index contributed by atoms with van der Waals surface area (Å²) >= 11 is 0. The van der Waals surface area contributed by atoms with E-state index in [4.69, 9.17) is 23.7 Å². The number of hydrogen-bond donors (Lipinski definition) is 6. The first-order valence-corrected chi connectivity index (χ1v) is 33.4. The Balaban J connectivity index is 1.47. The highest BCUT2D eigenvalue weighted by Crippen LogP contribution is 2.35. The summed E-state index contributed by atoms with van der Waals surface area (Å²) in [7, 11) is 6.10. The molecule has 522 valence electrons. The number of unbranched alkanes of at least 4 members (excludes halogenated alkanes) is 3. The number of ether oxygens (including phenoxy) is 5. The lowest BCUT2D eigenvalue weighted by atomic mass is 9.83. The largest absolute Gasteiger partial charge is 0.479 e. The van der Waals surface area contributed by atoms with Gasteiger partial charge in [-0.25, -0.2) is 9.59 Å². The Morgan fingerprint density at radius 1 is 0.710 bits per heavy atom. The predicted octanol–water partition coefficient (Wildman–Crippen LogP) is 8.42. The average Bonchev–Trinajstić information content (AvgIpc) is 1.97. The van der Waals surface area contributed by atoms with E-state index in [9.17, 15) is 68.7 Å². The number of Topliss-reactive ketones (excluding diaryl/α,β-unsaturated/α-hetero) is 4. The quantitative estimate of drug-likeness (QED) is 0.0340. The van der Waals surface area contributed by atoms with Crippen LogP contribution in [0.2, 0.25) is 0 Å². The number of methoxy groups -OCH3 is 2. The molecule has 0 aromatic heterocycles. The number of nitrogens with zero attached hydrogens (tertiary/aromatic N) is 3. The molecule has 2 heterocycles. The second-order valence-electron chi connectivity index (χ2n) is 26.3. The van der Waals surface area contributed by atoms with Crippen LogP contribution in [0.25, 0.3) is 0 Å². The van der Waals surface area contributed by atoms with Crippen LogP contribution in [0.15, 0.2) is 48.5 Å². The van der Waals surface area contributed by atoms with Crippen molar-refractivity contribution in [3.05, 3.63) is 59.7 Å². The van der Waals surface area contributed by atoms with Crippen molar-refractivity contribution >= 4 is 58.6 Å². The molecule has 0 bridgehead atoms. The third-order valence-corrected chi connectivity index (χ3v) is 18.6. The minimum absolute atomic E-state index is 0.0591. The summed E-state index contributed by atoms with van der Waals surface area (Å²) in [4.78, 5) is 127. The maximum Gasteiger partial charge on any atom is 0.410 e. The number of nitrogens with one attached hydrogen (secondary N) is 1. The Bertz CT molecular complexity index is 2750. The zero-order chi connectivity index (χ0) is 69.4. The summed E-state index contributed by atoms with van der Waals surface area (Å²) in [5, 5.41) is 54.9. The molecular formula is C70H108N4O19. The molecule has 4 rings (SSSR count). The third kappa shape index (κ3) is 23.0. The molecule has 0 aliphatic carbocycles. The molecule has 6 N–H and O–H groups in total. The lowest BCUT2D eigenvalue weighted by molar-refractivity contribution is -0.271. The summed E-state index contributed by atoms with van der Waals surface area (Å²) in [5.41, 5.74) is 0.950. The minimum atomic E-state index is -2.00. The number of rotatable bonds is 41.